The largest absolute Gasteiger partial charge is 0.504 e. The first-order valence-electron chi connectivity index (χ1n) is 5.46. The molecule has 0 bridgehead atoms. The smallest absolute Gasteiger partial charge is 0.200 e. The molecule has 0 atom stereocenters. The molecule has 0 saturated heterocycles. The average molecular weight is 230 g/mol. The van der Waals surface area contributed by atoms with Crippen LogP contribution < -0.4 is 0 Å². The van der Waals surface area contributed by atoms with Crippen LogP contribution in [0.4, 0.5) is 0 Å². The van der Waals surface area contributed by atoms with E-state index in [1.807, 2.05) is 31.2 Å². The van der Waals surface area contributed by atoms with Crippen molar-refractivity contribution in [3.8, 4) is 28.4 Å². The summed E-state index contributed by atoms with van der Waals surface area (Å²) in [5.41, 5.74) is 2.76. The number of aromatic hydroxyl groups is 3. The summed E-state index contributed by atoms with van der Waals surface area (Å²) in [6.07, 6.45) is 0.860. The van der Waals surface area contributed by atoms with Crippen LogP contribution in [0, 0.1) is 0 Å². The van der Waals surface area contributed by atoms with Gasteiger partial charge in [0.2, 0.25) is 0 Å². The molecule has 0 unspecified atom stereocenters. The fourth-order valence-electron chi connectivity index (χ4n) is 1.87. The van der Waals surface area contributed by atoms with Gasteiger partial charge in [0.25, 0.3) is 0 Å². The first kappa shape index (κ1) is 11.3. The molecule has 17 heavy (non-hydrogen) atoms. The Hall–Kier alpha value is -2.16. The minimum absolute atomic E-state index is 0.314. The number of phenolic OH excluding ortho intramolecular Hbond substituents is 3. The third-order valence-corrected chi connectivity index (χ3v) is 2.78. The van der Waals surface area contributed by atoms with Crippen LogP contribution in [-0.4, -0.2) is 15.3 Å². The summed E-state index contributed by atoms with van der Waals surface area (Å²) in [7, 11) is 0. The summed E-state index contributed by atoms with van der Waals surface area (Å²) in [6, 6.07) is 10.7. The molecule has 3 N–H and O–H groups in total. The molecule has 0 saturated carbocycles. The van der Waals surface area contributed by atoms with Gasteiger partial charge in [0, 0.05) is 0 Å². The molecular weight excluding hydrogens is 216 g/mol. The van der Waals surface area contributed by atoms with Gasteiger partial charge in [-0.1, -0.05) is 31.2 Å². The maximum absolute atomic E-state index is 9.50. The Morgan fingerprint density at radius 3 is 2.12 bits per heavy atom. The molecule has 88 valence electrons. The number of benzene rings is 2. The van der Waals surface area contributed by atoms with Crippen LogP contribution in [0.3, 0.4) is 0 Å². The highest BCUT2D eigenvalue weighted by atomic mass is 16.3. The lowest BCUT2D eigenvalue weighted by Crippen LogP contribution is -1.87. The van der Waals surface area contributed by atoms with E-state index in [2.05, 4.69) is 0 Å². The lowest BCUT2D eigenvalue weighted by atomic mass is 9.97. The summed E-state index contributed by atoms with van der Waals surface area (Å²) in [4.78, 5) is 0. The van der Waals surface area contributed by atoms with Crippen LogP contribution in [0.1, 0.15) is 12.5 Å². The second kappa shape index (κ2) is 4.37. The van der Waals surface area contributed by atoms with Gasteiger partial charge in [0.15, 0.2) is 17.2 Å². The summed E-state index contributed by atoms with van der Waals surface area (Å²) in [5, 5.41) is 28.3. The Morgan fingerprint density at radius 1 is 0.941 bits per heavy atom. The number of hydrogen-bond donors (Lipinski definition) is 3. The molecule has 0 aromatic heterocycles. The number of hydrogen-bond acceptors (Lipinski definition) is 3. The molecule has 3 heteroatoms. The molecule has 2 aromatic carbocycles. The van der Waals surface area contributed by atoms with E-state index in [9.17, 15) is 15.3 Å². The van der Waals surface area contributed by atoms with E-state index >= 15 is 0 Å². The molecular formula is C14H14O3. The Balaban J connectivity index is 2.61. The van der Waals surface area contributed by atoms with Crippen LogP contribution in [0.2, 0.25) is 0 Å². The van der Waals surface area contributed by atoms with Crippen LogP contribution in [0.25, 0.3) is 11.1 Å². The minimum atomic E-state index is -0.484. The van der Waals surface area contributed by atoms with E-state index in [0.29, 0.717) is 5.56 Å². The fourth-order valence-corrected chi connectivity index (χ4v) is 1.87. The third kappa shape index (κ3) is 2.04. The maximum Gasteiger partial charge on any atom is 0.200 e. The topological polar surface area (TPSA) is 60.7 Å². The minimum Gasteiger partial charge on any atom is -0.504 e. The number of phenols is 3. The summed E-state index contributed by atoms with van der Waals surface area (Å²) >= 11 is 0. The number of rotatable bonds is 2. The molecule has 0 spiro atoms. The van der Waals surface area contributed by atoms with E-state index in [1.165, 1.54) is 12.1 Å². The lowest BCUT2D eigenvalue weighted by molar-refractivity contribution is 0.368. The van der Waals surface area contributed by atoms with Gasteiger partial charge >= 0.3 is 0 Å². The Morgan fingerprint density at radius 2 is 1.53 bits per heavy atom. The highest BCUT2D eigenvalue weighted by Crippen LogP contribution is 2.39. The molecule has 2 rings (SSSR count). The van der Waals surface area contributed by atoms with Gasteiger partial charge in [-0.3, -0.25) is 0 Å². The van der Waals surface area contributed by atoms with Crippen molar-refractivity contribution < 1.29 is 15.3 Å². The maximum atomic E-state index is 9.50. The van der Waals surface area contributed by atoms with Gasteiger partial charge in [-0.25, -0.2) is 0 Å². The van der Waals surface area contributed by atoms with Crippen molar-refractivity contribution in [2.45, 2.75) is 13.3 Å². The second-order valence-corrected chi connectivity index (χ2v) is 3.87. The highest BCUT2D eigenvalue weighted by Gasteiger charge is 2.11. The average Bonchev–Trinajstić information content (AvgIpc) is 2.35. The second-order valence-electron chi connectivity index (χ2n) is 3.87. The van der Waals surface area contributed by atoms with E-state index in [0.717, 1.165) is 17.5 Å². The molecule has 0 fully saturated rings. The van der Waals surface area contributed by atoms with E-state index in [-0.39, 0.29) is 11.5 Å². The molecule has 0 radical (unpaired) electrons. The van der Waals surface area contributed by atoms with E-state index in [1.54, 1.807) is 0 Å². The van der Waals surface area contributed by atoms with E-state index in [4.69, 9.17) is 0 Å². The van der Waals surface area contributed by atoms with Crippen LogP contribution in [0.5, 0.6) is 17.2 Å². The zero-order chi connectivity index (χ0) is 12.4. The van der Waals surface area contributed by atoms with Crippen molar-refractivity contribution in [2.75, 3.05) is 0 Å². The molecule has 3 nitrogen and oxygen atoms in total. The highest BCUT2D eigenvalue weighted by molar-refractivity contribution is 5.72. The zero-order valence-electron chi connectivity index (χ0n) is 9.51. The monoisotopic (exact) mass is 230 g/mol. The van der Waals surface area contributed by atoms with Crippen molar-refractivity contribution in [1.29, 1.82) is 0 Å². The van der Waals surface area contributed by atoms with Gasteiger partial charge in [0.1, 0.15) is 0 Å². The van der Waals surface area contributed by atoms with Gasteiger partial charge in [0.05, 0.1) is 0 Å². The lowest BCUT2D eigenvalue weighted by Gasteiger charge is -2.10. The molecule has 0 aliphatic rings. The SMILES string of the molecule is CCc1ccccc1-c1cc(O)c(O)c(O)c1. The Kier molecular flexibility index (Phi) is 2.91. The van der Waals surface area contributed by atoms with Crippen LogP contribution >= 0.6 is 0 Å². The van der Waals surface area contributed by atoms with Gasteiger partial charge < -0.3 is 15.3 Å². The zero-order valence-corrected chi connectivity index (χ0v) is 9.51. The molecule has 0 amide bonds. The molecule has 0 heterocycles. The predicted molar refractivity (Wildman–Crippen MR) is 66.3 cm³/mol. The van der Waals surface area contributed by atoms with Crippen LogP contribution in [0.15, 0.2) is 36.4 Å². The van der Waals surface area contributed by atoms with Crippen molar-refractivity contribution in [2.24, 2.45) is 0 Å². The first-order valence-corrected chi connectivity index (χ1v) is 5.46. The standard InChI is InChI=1S/C14H14O3/c1-2-9-5-3-4-6-11(9)10-7-12(15)14(17)13(16)8-10/h3-8,15-17H,2H2,1H3. The summed E-state index contributed by atoms with van der Waals surface area (Å²) in [6.45, 7) is 2.04. The Bertz CT molecular complexity index is 524. The molecule has 0 aliphatic heterocycles. The third-order valence-electron chi connectivity index (χ3n) is 2.78. The molecule has 2 aromatic rings. The van der Waals surface area contributed by atoms with Gasteiger partial charge in [-0.2, -0.15) is 0 Å². The number of aryl methyl sites for hydroxylation is 1. The van der Waals surface area contributed by atoms with Gasteiger partial charge in [-0.15, -0.1) is 0 Å². The van der Waals surface area contributed by atoms with E-state index < -0.39 is 5.75 Å². The first-order chi connectivity index (χ1) is 8.13. The Labute approximate surface area is 99.6 Å². The quantitative estimate of drug-likeness (QED) is 0.695. The van der Waals surface area contributed by atoms with Crippen molar-refractivity contribution in [3.05, 3.63) is 42.0 Å². The van der Waals surface area contributed by atoms with Crippen molar-refractivity contribution >= 4 is 0 Å². The van der Waals surface area contributed by atoms with Crippen LogP contribution in [-0.2, 0) is 6.42 Å². The normalized spacial score (nSPS) is 10.4. The van der Waals surface area contributed by atoms with Crippen molar-refractivity contribution in [1.82, 2.24) is 0 Å². The fraction of sp³-hybridized carbons (Fsp3) is 0.143. The summed E-state index contributed by atoms with van der Waals surface area (Å²) < 4.78 is 0. The summed E-state index contributed by atoms with van der Waals surface area (Å²) in [5.74, 6) is -1.11. The van der Waals surface area contributed by atoms with Gasteiger partial charge in [-0.05, 0) is 35.2 Å². The van der Waals surface area contributed by atoms with Crippen molar-refractivity contribution in [3.63, 3.8) is 0 Å². The molecule has 0 aliphatic carbocycles. The predicted octanol–water partition coefficient (Wildman–Crippen LogP) is 3.03.